The van der Waals surface area contributed by atoms with Gasteiger partial charge in [-0.3, -0.25) is 9.69 Å². The monoisotopic (exact) mass is 367 g/mol. The summed E-state index contributed by atoms with van der Waals surface area (Å²) in [5.41, 5.74) is 9.99. The Kier molecular flexibility index (Phi) is 6.61. The second-order valence-electron chi connectivity index (χ2n) is 7.48. The fourth-order valence-electron chi connectivity index (χ4n) is 3.48. The molecule has 27 heavy (non-hydrogen) atoms. The maximum atomic E-state index is 12.5. The molecule has 144 valence electrons. The Labute approximate surface area is 161 Å². The number of aryl methyl sites for hydroxylation is 1. The number of carbonyl (C=O) groups excluding carboxylic acids is 1. The fourth-order valence-corrected chi connectivity index (χ4v) is 3.48. The molecule has 0 bridgehead atoms. The lowest BCUT2D eigenvalue weighted by Gasteiger charge is -2.31. The quantitative estimate of drug-likeness (QED) is 0.734. The number of anilines is 1. The molecular formula is C22H29N3O2. The number of piperidine rings is 1. The lowest BCUT2D eigenvalue weighted by atomic mass is 9.97. The molecule has 1 atom stereocenters. The van der Waals surface area contributed by atoms with Gasteiger partial charge in [0.2, 0.25) is 5.91 Å². The lowest BCUT2D eigenvalue weighted by Crippen LogP contribution is -2.34. The zero-order valence-electron chi connectivity index (χ0n) is 15.9. The normalized spacial score (nSPS) is 16.9. The molecule has 1 saturated heterocycles. The highest BCUT2D eigenvalue weighted by Crippen LogP contribution is 2.20. The molecule has 0 radical (unpaired) electrons. The van der Waals surface area contributed by atoms with E-state index in [1.807, 2.05) is 49.4 Å². The predicted molar refractivity (Wildman–Crippen MR) is 108 cm³/mol. The van der Waals surface area contributed by atoms with Gasteiger partial charge >= 0.3 is 0 Å². The minimum atomic E-state index is -0.688. The Morgan fingerprint density at radius 2 is 1.93 bits per heavy atom. The van der Waals surface area contributed by atoms with Crippen LogP contribution in [0.5, 0.6) is 0 Å². The Morgan fingerprint density at radius 3 is 2.59 bits per heavy atom. The van der Waals surface area contributed by atoms with E-state index in [9.17, 15) is 9.90 Å². The molecule has 1 heterocycles. The largest absolute Gasteiger partial charge is 0.396 e. The Hall–Kier alpha value is -2.21. The highest BCUT2D eigenvalue weighted by molar-refractivity contribution is 5.95. The van der Waals surface area contributed by atoms with Crippen LogP contribution in [-0.2, 0) is 11.3 Å². The van der Waals surface area contributed by atoms with Gasteiger partial charge in [-0.25, -0.2) is 0 Å². The summed E-state index contributed by atoms with van der Waals surface area (Å²) < 4.78 is 0. The van der Waals surface area contributed by atoms with Crippen LogP contribution in [-0.4, -0.2) is 35.6 Å². The van der Waals surface area contributed by atoms with E-state index in [4.69, 9.17) is 5.73 Å². The Balaban J connectivity index is 1.58. The molecule has 1 amide bonds. The van der Waals surface area contributed by atoms with Gasteiger partial charge in [0.1, 0.15) is 6.04 Å². The third-order valence-electron chi connectivity index (χ3n) is 5.28. The van der Waals surface area contributed by atoms with E-state index >= 15 is 0 Å². The number of likely N-dealkylation sites (tertiary alicyclic amines) is 1. The summed E-state index contributed by atoms with van der Waals surface area (Å²) in [4.78, 5) is 14.9. The number of carbonyl (C=O) groups is 1. The smallest absolute Gasteiger partial charge is 0.245 e. The van der Waals surface area contributed by atoms with Crippen molar-refractivity contribution >= 4 is 11.6 Å². The molecule has 5 nitrogen and oxygen atoms in total. The van der Waals surface area contributed by atoms with Crippen molar-refractivity contribution in [3.63, 3.8) is 0 Å². The van der Waals surface area contributed by atoms with Crippen LogP contribution in [0.1, 0.15) is 35.6 Å². The second-order valence-corrected chi connectivity index (χ2v) is 7.48. The zero-order chi connectivity index (χ0) is 19.2. The van der Waals surface area contributed by atoms with Crippen molar-refractivity contribution in [2.75, 3.05) is 25.0 Å². The molecule has 0 spiro atoms. The third-order valence-corrected chi connectivity index (χ3v) is 5.28. The molecule has 0 aromatic heterocycles. The zero-order valence-corrected chi connectivity index (χ0v) is 15.9. The molecule has 1 aliphatic rings. The van der Waals surface area contributed by atoms with E-state index in [1.54, 1.807) is 0 Å². The number of aliphatic hydroxyl groups is 1. The molecule has 2 aromatic rings. The minimum Gasteiger partial charge on any atom is -0.396 e. The Morgan fingerprint density at radius 1 is 1.22 bits per heavy atom. The van der Waals surface area contributed by atoms with E-state index in [2.05, 4.69) is 16.3 Å². The standard InChI is InChI=1S/C22H29N3O2/c1-16-5-7-19(8-6-16)21(23)22(27)24-20-4-2-3-18(13-20)14-25-11-9-17(15-26)10-12-25/h2-8,13,17,21,26H,9-12,14-15,23H2,1H3,(H,24,27). The van der Waals surface area contributed by atoms with Crippen LogP contribution in [0.3, 0.4) is 0 Å². The minimum absolute atomic E-state index is 0.209. The van der Waals surface area contributed by atoms with E-state index < -0.39 is 6.04 Å². The average molecular weight is 367 g/mol. The summed E-state index contributed by atoms with van der Waals surface area (Å²) in [5.74, 6) is 0.231. The van der Waals surface area contributed by atoms with Gasteiger partial charge in [-0.1, -0.05) is 42.0 Å². The van der Waals surface area contributed by atoms with Gasteiger partial charge in [-0.15, -0.1) is 0 Å². The van der Waals surface area contributed by atoms with Crippen LogP contribution in [0, 0.1) is 12.8 Å². The van der Waals surface area contributed by atoms with Crippen LogP contribution in [0.15, 0.2) is 48.5 Å². The number of nitrogens with zero attached hydrogens (tertiary/aromatic N) is 1. The highest BCUT2D eigenvalue weighted by atomic mass is 16.3. The average Bonchev–Trinajstić information content (AvgIpc) is 2.69. The third kappa shape index (κ3) is 5.39. The number of rotatable bonds is 6. The van der Waals surface area contributed by atoms with Crippen LogP contribution >= 0.6 is 0 Å². The molecule has 4 N–H and O–H groups in total. The van der Waals surface area contributed by atoms with Crippen LogP contribution in [0.2, 0.25) is 0 Å². The first-order valence-corrected chi connectivity index (χ1v) is 9.60. The Bertz CT molecular complexity index is 752. The van der Waals surface area contributed by atoms with E-state index in [-0.39, 0.29) is 12.5 Å². The SMILES string of the molecule is Cc1ccc(C(N)C(=O)Nc2cccc(CN3CCC(CO)CC3)c2)cc1. The predicted octanol–water partition coefficient (Wildman–Crippen LogP) is 2.84. The number of benzene rings is 2. The van der Waals surface area contributed by atoms with Crippen molar-refractivity contribution in [2.24, 2.45) is 11.7 Å². The van der Waals surface area contributed by atoms with Gasteiger partial charge in [0.25, 0.3) is 0 Å². The molecule has 5 heteroatoms. The summed E-state index contributed by atoms with van der Waals surface area (Å²) in [7, 11) is 0. The number of nitrogens with one attached hydrogen (secondary N) is 1. The summed E-state index contributed by atoms with van der Waals surface area (Å²) in [6.07, 6.45) is 2.08. The first-order valence-electron chi connectivity index (χ1n) is 9.60. The summed E-state index contributed by atoms with van der Waals surface area (Å²) in [5, 5.41) is 12.2. The molecule has 1 aliphatic heterocycles. The van der Waals surface area contributed by atoms with Crippen molar-refractivity contribution in [1.29, 1.82) is 0 Å². The van der Waals surface area contributed by atoms with Gasteiger partial charge in [-0.05, 0) is 62.0 Å². The van der Waals surface area contributed by atoms with E-state index in [1.165, 1.54) is 5.56 Å². The molecule has 0 saturated carbocycles. The van der Waals surface area contributed by atoms with Crippen LogP contribution < -0.4 is 11.1 Å². The van der Waals surface area contributed by atoms with Crippen molar-refractivity contribution in [3.05, 3.63) is 65.2 Å². The maximum absolute atomic E-state index is 12.5. The van der Waals surface area contributed by atoms with Gasteiger partial charge in [0.05, 0.1) is 0 Å². The molecule has 2 aromatic carbocycles. The van der Waals surface area contributed by atoms with E-state index in [0.29, 0.717) is 5.92 Å². The second kappa shape index (κ2) is 9.13. The first-order chi connectivity index (χ1) is 13.0. The fraction of sp³-hybridized carbons (Fsp3) is 0.409. The number of amides is 1. The van der Waals surface area contributed by atoms with Crippen molar-refractivity contribution in [2.45, 2.75) is 32.4 Å². The number of aliphatic hydroxyl groups excluding tert-OH is 1. The van der Waals surface area contributed by atoms with Gasteiger partial charge in [0.15, 0.2) is 0 Å². The van der Waals surface area contributed by atoms with Gasteiger partial charge in [-0.2, -0.15) is 0 Å². The van der Waals surface area contributed by atoms with Crippen LogP contribution in [0.4, 0.5) is 5.69 Å². The molecule has 1 fully saturated rings. The van der Waals surface area contributed by atoms with Crippen LogP contribution in [0.25, 0.3) is 0 Å². The van der Waals surface area contributed by atoms with E-state index in [0.717, 1.165) is 49.3 Å². The summed E-state index contributed by atoms with van der Waals surface area (Å²) in [6.45, 7) is 5.15. The first kappa shape index (κ1) is 19.5. The number of hydrogen-bond acceptors (Lipinski definition) is 4. The van der Waals surface area contributed by atoms with Crippen molar-refractivity contribution < 1.29 is 9.90 Å². The summed E-state index contributed by atoms with van der Waals surface area (Å²) >= 11 is 0. The maximum Gasteiger partial charge on any atom is 0.245 e. The number of hydrogen-bond donors (Lipinski definition) is 3. The molecule has 0 aliphatic carbocycles. The van der Waals surface area contributed by atoms with Gasteiger partial charge < -0.3 is 16.2 Å². The van der Waals surface area contributed by atoms with Gasteiger partial charge in [0, 0.05) is 18.8 Å². The summed E-state index contributed by atoms with van der Waals surface area (Å²) in [6, 6.07) is 15.0. The molecule has 1 unspecified atom stereocenters. The molecule has 3 rings (SSSR count). The molecular weight excluding hydrogens is 338 g/mol. The van der Waals surface area contributed by atoms with Crippen molar-refractivity contribution in [3.8, 4) is 0 Å². The van der Waals surface area contributed by atoms with Crippen molar-refractivity contribution in [1.82, 2.24) is 4.90 Å². The lowest BCUT2D eigenvalue weighted by molar-refractivity contribution is -0.117. The number of nitrogens with two attached hydrogens (primary N) is 1. The topological polar surface area (TPSA) is 78.6 Å². The highest BCUT2D eigenvalue weighted by Gasteiger charge is 2.19.